The third-order valence-corrected chi connectivity index (χ3v) is 1.51. The van der Waals surface area contributed by atoms with Gasteiger partial charge in [0.05, 0.1) is 5.56 Å². The molecule has 2 N–H and O–H groups in total. The summed E-state index contributed by atoms with van der Waals surface area (Å²) in [6.45, 7) is 0.143. The number of rotatable bonds is 1. The Morgan fingerprint density at radius 3 is 3.17 bits per heavy atom. The fourth-order valence-corrected chi connectivity index (χ4v) is 0.927. The van der Waals surface area contributed by atoms with E-state index in [1.807, 2.05) is 0 Å². The molecule has 5 nitrogen and oxygen atoms in total. The highest BCUT2D eigenvalue weighted by Gasteiger charge is 2.16. The van der Waals surface area contributed by atoms with E-state index in [2.05, 4.69) is 4.98 Å². The van der Waals surface area contributed by atoms with Crippen LogP contribution < -0.4 is 15.2 Å². The molecular formula is C7H6N2O3. The van der Waals surface area contributed by atoms with Crippen molar-refractivity contribution in [1.29, 1.82) is 0 Å². The SMILES string of the molecule is NC(=O)c1cnc2c(c1)OCO2. The van der Waals surface area contributed by atoms with Crippen LogP contribution >= 0.6 is 0 Å². The molecule has 62 valence electrons. The van der Waals surface area contributed by atoms with Gasteiger partial charge in [-0.3, -0.25) is 4.79 Å². The summed E-state index contributed by atoms with van der Waals surface area (Å²) < 4.78 is 9.94. The first-order chi connectivity index (χ1) is 5.77. The van der Waals surface area contributed by atoms with Gasteiger partial charge in [-0.05, 0) is 0 Å². The zero-order valence-electron chi connectivity index (χ0n) is 6.11. The van der Waals surface area contributed by atoms with Crippen molar-refractivity contribution in [2.45, 2.75) is 0 Å². The van der Waals surface area contributed by atoms with Crippen LogP contribution in [0, 0.1) is 0 Å². The van der Waals surface area contributed by atoms with Crippen molar-refractivity contribution in [3.05, 3.63) is 17.8 Å². The molecule has 0 atom stereocenters. The predicted molar refractivity (Wildman–Crippen MR) is 38.9 cm³/mol. The Bertz CT molecular complexity index is 337. The molecule has 0 saturated heterocycles. The fourth-order valence-electron chi connectivity index (χ4n) is 0.927. The molecule has 0 spiro atoms. The Labute approximate surface area is 68.1 Å². The van der Waals surface area contributed by atoms with Gasteiger partial charge in [0.25, 0.3) is 5.88 Å². The summed E-state index contributed by atoms with van der Waals surface area (Å²) >= 11 is 0. The molecule has 0 aromatic carbocycles. The van der Waals surface area contributed by atoms with E-state index >= 15 is 0 Å². The van der Waals surface area contributed by atoms with Crippen LogP contribution in [-0.4, -0.2) is 17.7 Å². The van der Waals surface area contributed by atoms with Crippen LogP contribution in [0.4, 0.5) is 0 Å². The van der Waals surface area contributed by atoms with Gasteiger partial charge in [0, 0.05) is 12.3 Å². The van der Waals surface area contributed by atoms with Gasteiger partial charge < -0.3 is 15.2 Å². The van der Waals surface area contributed by atoms with Crippen LogP contribution in [0.25, 0.3) is 0 Å². The molecule has 1 aliphatic heterocycles. The number of primary amides is 1. The van der Waals surface area contributed by atoms with Crippen LogP contribution in [0.15, 0.2) is 12.3 Å². The fraction of sp³-hybridized carbons (Fsp3) is 0.143. The summed E-state index contributed by atoms with van der Waals surface area (Å²) in [4.78, 5) is 14.5. The summed E-state index contributed by atoms with van der Waals surface area (Å²) in [6, 6.07) is 1.51. The second-order valence-electron chi connectivity index (χ2n) is 2.30. The first kappa shape index (κ1) is 6.90. The first-order valence-corrected chi connectivity index (χ1v) is 3.33. The number of carbonyl (C=O) groups excluding carboxylic acids is 1. The van der Waals surface area contributed by atoms with Crippen molar-refractivity contribution < 1.29 is 14.3 Å². The number of fused-ring (bicyclic) bond motifs is 1. The van der Waals surface area contributed by atoms with Gasteiger partial charge in [0.15, 0.2) is 5.75 Å². The zero-order chi connectivity index (χ0) is 8.55. The molecule has 1 amide bonds. The zero-order valence-corrected chi connectivity index (χ0v) is 6.11. The highest BCUT2D eigenvalue weighted by molar-refractivity contribution is 5.93. The van der Waals surface area contributed by atoms with Gasteiger partial charge in [-0.1, -0.05) is 0 Å². The van der Waals surface area contributed by atoms with Crippen LogP contribution in [0.1, 0.15) is 10.4 Å². The number of nitrogens with zero attached hydrogens (tertiary/aromatic N) is 1. The van der Waals surface area contributed by atoms with E-state index in [0.29, 0.717) is 17.2 Å². The third kappa shape index (κ3) is 0.952. The number of ether oxygens (including phenoxy) is 2. The third-order valence-electron chi connectivity index (χ3n) is 1.51. The lowest BCUT2D eigenvalue weighted by Crippen LogP contribution is -2.10. The molecule has 12 heavy (non-hydrogen) atoms. The van der Waals surface area contributed by atoms with Gasteiger partial charge >= 0.3 is 0 Å². The van der Waals surface area contributed by atoms with Crippen molar-refractivity contribution in [3.63, 3.8) is 0 Å². The van der Waals surface area contributed by atoms with Crippen molar-refractivity contribution >= 4 is 5.91 Å². The highest BCUT2D eigenvalue weighted by atomic mass is 16.7. The van der Waals surface area contributed by atoms with Crippen LogP contribution in [0.2, 0.25) is 0 Å². The summed E-state index contributed by atoms with van der Waals surface area (Å²) in [6.07, 6.45) is 1.36. The molecular weight excluding hydrogens is 160 g/mol. The number of amides is 1. The van der Waals surface area contributed by atoms with E-state index in [1.165, 1.54) is 12.3 Å². The predicted octanol–water partition coefficient (Wildman–Crippen LogP) is -0.0908. The Hall–Kier alpha value is -1.78. The van der Waals surface area contributed by atoms with E-state index in [4.69, 9.17) is 15.2 Å². The van der Waals surface area contributed by atoms with Crippen LogP contribution in [-0.2, 0) is 0 Å². The van der Waals surface area contributed by atoms with Crippen molar-refractivity contribution in [2.24, 2.45) is 5.73 Å². The minimum atomic E-state index is -0.527. The molecule has 0 bridgehead atoms. The number of hydrogen-bond donors (Lipinski definition) is 1. The summed E-state index contributed by atoms with van der Waals surface area (Å²) in [5.74, 6) is 0.340. The van der Waals surface area contributed by atoms with E-state index in [-0.39, 0.29) is 6.79 Å². The monoisotopic (exact) mass is 166 g/mol. The number of aromatic nitrogens is 1. The van der Waals surface area contributed by atoms with Gasteiger partial charge in [0.2, 0.25) is 12.7 Å². The quantitative estimate of drug-likeness (QED) is 0.632. The Kier molecular flexibility index (Phi) is 1.36. The topological polar surface area (TPSA) is 74.4 Å². The maximum absolute atomic E-state index is 10.7. The lowest BCUT2D eigenvalue weighted by atomic mass is 10.2. The largest absolute Gasteiger partial charge is 0.452 e. The minimum Gasteiger partial charge on any atom is -0.452 e. The van der Waals surface area contributed by atoms with Crippen LogP contribution in [0.3, 0.4) is 0 Å². The normalized spacial score (nSPS) is 13.0. The standard InChI is InChI=1S/C7H6N2O3/c8-6(10)4-1-5-7(9-2-4)12-3-11-5/h1-2H,3H2,(H2,8,10). The number of hydrogen-bond acceptors (Lipinski definition) is 4. The van der Waals surface area contributed by atoms with Crippen LogP contribution in [0.5, 0.6) is 11.6 Å². The minimum absolute atomic E-state index is 0.143. The van der Waals surface area contributed by atoms with Gasteiger partial charge in [-0.25, -0.2) is 4.98 Å². The number of pyridine rings is 1. The second-order valence-corrected chi connectivity index (χ2v) is 2.30. The highest BCUT2D eigenvalue weighted by Crippen LogP contribution is 2.29. The molecule has 1 aromatic rings. The van der Waals surface area contributed by atoms with Gasteiger partial charge in [-0.15, -0.1) is 0 Å². The smallest absolute Gasteiger partial charge is 0.260 e. The molecule has 0 saturated carbocycles. The Morgan fingerprint density at radius 1 is 1.58 bits per heavy atom. The lowest BCUT2D eigenvalue weighted by molar-refractivity contribution is 0.0999. The van der Waals surface area contributed by atoms with E-state index in [9.17, 15) is 4.79 Å². The second kappa shape index (κ2) is 2.37. The molecule has 2 rings (SSSR count). The maximum atomic E-state index is 10.7. The molecule has 0 fully saturated rings. The molecule has 2 heterocycles. The molecule has 0 unspecified atom stereocenters. The van der Waals surface area contributed by atoms with Crippen molar-refractivity contribution in [1.82, 2.24) is 4.98 Å². The number of carbonyl (C=O) groups is 1. The molecule has 0 radical (unpaired) electrons. The lowest BCUT2D eigenvalue weighted by Gasteiger charge is -1.96. The summed E-state index contributed by atoms with van der Waals surface area (Å²) in [5.41, 5.74) is 5.35. The van der Waals surface area contributed by atoms with Crippen molar-refractivity contribution in [2.75, 3.05) is 6.79 Å². The van der Waals surface area contributed by atoms with E-state index in [0.717, 1.165) is 0 Å². The molecule has 5 heteroatoms. The van der Waals surface area contributed by atoms with Gasteiger partial charge in [-0.2, -0.15) is 0 Å². The average molecular weight is 166 g/mol. The number of nitrogens with two attached hydrogens (primary N) is 1. The summed E-state index contributed by atoms with van der Waals surface area (Å²) in [7, 11) is 0. The Balaban J connectivity index is 2.45. The molecule has 0 aliphatic carbocycles. The van der Waals surface area contributed by atoms with Crippen molar-refractivity contribution in [3.8, 4) is 11.6 Å². The first-order valence-electron chi connectivity index (χ1n) is 3.33. The van der Waals surface area contributed by atoms with E-state index < -0.39 is 5.91 Å². The van der Waals surface area contributed by atoms with E-state index in [1.54, 1.807) is 0 Å². The average Bonchev–Trinajstić information content (AvgIpc) is 2.49. The maximum Gasteiger partial charge on any atom is 0.260 e. The Morgan fingerprint density at radius 2 is 2.42 bits per heavy atom. The molecule has 1 aliphatic rings. The van der Waals surface area contributed by atoms with Gasteiger partial charge in [0.1, 0.15) is 0 Å². The summed E-state index contributed by atoms with van der Waals surface area (Å²) in [5, 5.41) is 0. The molecule has 1 aromatic heterocycles.